The van der Waals surface area contributed by atoms with Crippen LogP contribution in [0.15, 0.2) is 18.2 Å². The van der Waals surface area contributed by atoms with Crippen molar-refractivity contribution in [1.29, 1.82) is 0 Å². The summed E-state index contributed by atoms with van der Waals surface area (Å²) in [5, 5.41) is 3.42. The highest BCUT2D eigenvalue weighted by atomic mass is 16.5. The molecule has 0 radical (unpaired) electrons. The highest BCUT2D eigenvalue weighted by Gasteiger charge is 2.20. The van der Waals surface area contributed by atoms with Gasteiger partial charge in [0.15, 0.2) is 0 Å². The summed E-state index contributed by atoms with van der Waals surface area (Å²) in [4.78, 5) is 0. The Balaban J connectivity index is 1.89. The van der Waals surface area contributed by atoms with Gasteiger partial charge in [0.05, 0.1) is 12.3 Å². The maximum Gasteiger partial charge on any atom is 0.144 e. The highest BCUT2D eigenvalue weighted by Crippen LogP contribution is 2.29. The lowest BCUT2D eigenvalue weighted by Gasteiger charge is -2.11. The molecular weight excluding hydrogens is 216 g/mol. The van der Waals surface area contributed by atoms with Gasteiger partial charge in [0.1, 0.15) is 5.75 Å². The van der Waals surface area contributed by atoms with Crippen molar-refractivity contribution in [3.8, 4) is 5.75 Å². The zero-order chi connectivity index (χ0) is 12.1. The Bertz CT molecular complexity index is 364. The molecule has 1 saturated carbocycles. The first-order chi connectivity index (χ1) is 8.29. The molecule has 0 atom stereocenters. The van der Waals surface area contributed by atoms with E-state index in [-0.39, 0.29) is 0 Å². The Hall–Kier alpha value is -1.42. The predicted molar refractivity (Wildman–Crippen MR) is 69.5 cm³/mol. The van der Waals surface area contributed by atoms with Gasteiger partial charge in [-0.1, -0.05) is 0 Å². The first-order valence-corrected chi connectivity index (χ1v) is 6.07. The molecule has 0 aliphatic heterocycles. The van der Waals surface area contributed by atoms with Gasteiger partial charge >= 0.3 is 0 Å². The van der Waals surface area contributed by atoms with Crippen LogP contribution in [0.2, 0.25) is 0 Å². The molecule has 0 saturated heterocycles. The van der Waals surface area contributed by atoms with Crippen molar-refractivity contribution in [3.05, 3.63) is 18.2 Å². The molecule has 94 valence electrons. The average Bonchev–Trinajstić information content (AvgIpc) is 3.12. The molecule has 1 aromatic rings. The van der Waals surface area contributed by atoms with Gasteiger partial charge < -0.3 is 20.5 Å². The van der Waals surface area contributed by atoms with E-state index < -0.39 is 0 Å². The molecule has 0 spiro atoms. The van der Waals surface area contributed by atoms with E-state index in [1.807, 2.05) is 18.2 Å². The molecule has 0 bridgehead atoms. The summed E-state index contributed by atoms with van der Waals surface area (Å²) in [6, 6.07) is 6.49. The minimum Gasteiger partial charge on any atom is -0.491 e. The summed E-state index contributed by atoms with van der Waals surface area (Å²) < 4.78 is 10.6. The average molecular weight is 236 g/mol. The van der Waals surface area contributed by atoms with E-state index in [9.17, 15) is 0 Å². The predicted octanol–water partition coefficient (Wildman–Crippen LogP) is 2.26. The number of nitrogen functional groups attached to an aromatic ring is 1. The molecule has 1 aliphatic carbocycles. The standard InChI is InChI=1S/C13H20N2O2/c1-16-7-2-8-17-13-9-11(5-6-12(13)14)15-10-3-4-10/h5-6,9-10,15H,2-4,7-8,14H2,1H3. The number of rotatable bonds is 7. The van der Waals surface area contributed by atoms with Crippen molar-refractivity contribution < 1.29 is 9.47 Å². The van der Waals surface area contributed by atoms with Crippen molar-refractivity contribution in [2.45, 2.75) is 25.3 Å². The van der Waals surface area contributed by atoms with Gasteiger partial charge in [-0.15, -0.1) is 0 Å². The lowest BCUT2D eigenvalue weighted by molar-refractivity contribution is 0.172. The molecule has 1 aliphatic rings. The molecule has 1 aromatic carbocycles. The van der Waals surface area contributed by atoms with Gasteiger partial charge in [-0.25, -0.2) is 0 Å². The Morgan fingerprint density at radius 1 is 1.35 bits per heavy atom. The van der Waals surface area contributed by atoms with Gasteiger partial charge in [-0.2, -0.15) is 0 Å². The molecule has 2 rings (SSSR count). The summed E-state index contributed by atoms with van der Waals surface area (Å²) in [6.07, 6.45) is 3.39. The fourth-order valence-corrected chi connectivity index (χ4v) is 1.60. The van der Waals surface area contributed by atoms with Crippen LogP contribution in [0, 0.1) is 0 Å². The fourth-order valence-electron chi connectivity index (χ4n) is 1.60. The van der Waals surface area contributed by atoms with E-state index in [0.717, 1.165) is 17.9 Å². The third-order valence-electron chi connectivity index (χ3n) is 2.71. The number of benzene rings is 1. The Kier molecular flexibility index (Phi) is 4.09. The van der Waals surface area contributed by atoms with E-state index in [1.54, 1.807) is 7.11 Å². The van der Waals surface area contributed by atoms with Gasteiger partial charge in [-0.3, -0.25) is 0 Å². The number of nitrogens with one attached hydrogen (secondary N) is 1. The number of ether oxygens (including phenoxy) is 2. The second-order valence-corrected chi connectivity index (χ2v) is 4.37. The quantitative estimate of drug-likeness (QED) is 0.563. The molecule has 0 aromatic heterocycles. The largest absolute Gasteiger partial charge is 0.491 e. The monoisotopic (exact) mass is 236 g/mol. The van der Waals surface area contributed by atoms with Crippen LogP contribution < -0.4 is 15.8 Å². The van der Waals surface area contributed by atoms with Gasteiger partial charge in [0.2, 0.25) is 0 Å². The van der Waals surface area contributed by atoms with E-state index in [1.165, 1.54) is 12.8 Å². The first kappa shape index (κ1) is 12.0. The second-order valence-electron chi connectivity index (χ2n) is 4.37. The minimum absolute atomic E-state index is 0.630. The van der Waals surface area contributed by atoms with Crippen molar-refractivity contribution >= 4 is 11.4 Å². The fraction of sp³-hybridized carbons (Fsp3) is 0.538. The summed E-state index contributed by atoms with van der Waals surface area (Å²) in [5.74, 6) is 0.756. The van der Waals surface area contributed by atoms with Crippen LogP contribution in [0.5, 0.6) is 5.75 Å². The number of hydrogen-bond acceptors (Lipinski definition) is 4. The first-order valence-electron chi connectivity index (χ1n) is 6.07. The normalized spacial score (nSPS) is 14.6. The molecular formula is C13H20N2O2. The second kappa shape index (κ2) is 5.77. The van der Waals surface area contributed by atoms with E-state index >= 15 is 0 Å². The van der Waals surface area contributed by atoms with Crippen molar-refractivity contribution in [3.63, 3.8) is 0 Å². The maximum atomic E-state index is 5.87. The smallest absolute Gasteiger partial charge is 0.144 e. The third-order valence-corrected chi connectivity index (χ3v) is 2.71. The van der Waals surface area contributed by atoms with Crippen molar-refractivity contribution in [2.75, 3.05) is 31.4 Å². The Labute approximate surface area is 102 Å². The van der Waals surface area contributed by atoms with E-state index in [0.29, 0.717) is 24.9 Å². The van der Waals surface area contributed by atoms with Crippen LogP contribution in [-0.4, -0.2) is 26.4 Å². The molecule has 0 amide bonds. The summed E-state index contributed by atoms with van der Waals surface area (Å²) in [7, 11) is 1.69. The summed E-state index contributed by atoms with van der Waals surface area (Å²) >= 11 is 0. The molecule has 0 unspecified atom stereocenters. The molecule has 0 heterocycles. The lowest BCUT2D eigenvalue weighted by atomic mass is 10.2. The van der Waals surface area contributed by atoms with Gasteiger partial charge in [0.25, 0.3) is 0 Å². The van der Waals surface area contributed by atoms with Crippen molar-refractivity contribution in [2.24, 2.45) is 0 Å². The summed E-state index contributed by atoms with van der Waals surface area (Å²) in [6.45, 7) is 1.34. The SMILES string of the molecule is COCCCOc1cc(NC2CC2)ccc1N. The van der Waals surface area contributed by atoms with Crippen LogP contribution in [0.4, 0.5) is 11.4 Å². The van der Waals surface area contributed by atoms with E-state index in [4.69, 9.17) is 15.2 Å². The minimum atomic E-state index is 0.630. The van der Waals surface area contributed by atoms with Gasteiger partial charge in [0, 0.05) is 37.9 Å². The molecule has 4 nitrogen and oxygen atoms in total. The number of nitrogens with two attached hydrogens (primary N) is 1. The molecule has 1 fully saturated rings. The maximum absolute atomic E-state index is 5.87. The zero-order valence-electron chi connectivity index (χ0n) is 10.2. The van der Waals surface area contributed by atoms with Crippen LogP contribution >= 0.6 is 0 Å². The Morgan fingerprint density at radius 3 is 2.88 bits per heavy atom. The molecule has 4 heteroatoms. The molecule has 17 heavy (non-hydrogen) atoms. The zero-order valence-corrected chi connectivity index (χ0v) is 10.2. The highest BCUT2D eigenvalue weighted by molar-refractivity contribution is 5.61. The number of hydrogen-bond donors (Lipinski definition) is 2. The van der Waals surface area contributed by atoms with Crippen LogP contribution in [0.1, 0.15) is 19.3 Å². The number of anilines is 2. The topological polar surface area (TPSA) is 56.5 Å². The lowest BCUT2D eigenvalue weighted by Crippen LogP contribution is -2.05. The molecule has 3 N–H and O–H groups in total. The number of methoxy groups -OCH3 is 1. The Morgan fingerprint density at radius 2 is 2.18 bits per heavy atom. The van der Waals surface area contributed by atoms with Crippen LogP contribution in [-0.2, 0) is 4.74 Å². The van der Waals surface area contributed by atoms with Crippen molar-refractivity contribution in [1.82, 2.24) is 0 Å². The third kappa shape index (κ3) is 3.82. The van der Waals surface area contributed by atoms with E-state index in [2.05, 4.69) is 5.32 Å². The summed E-state index contributed by atoms with van der Waals surface area (Å²) in [5.41, 5.74) is 7.64. The van der Waals surface area contributed by atoms with Gasteiger partial charge in [-0.05, 0) is 25.0 Å². The van der Waals surface area contributed by atoms with Crippen LogP contribution in [0.25, 0.3) is 0 Å². The van der Waals surface area contributed by atoms with Crippen LogP contribution in [0.3, 0.4) is 0 Å².